The summed E-state index contributed by atoms with van der Waals surface area (Å²) in [6.45, 7) is 0.572. The Bertz CT molecular complexity index is 1140. The number of nitrogens with zero attached hydrogens (tertiary/aromatic N) is 4. The summed E-state index contributed by atoms with van der Waals surface area (Å²) < 4.78 is 50.1. The maximum Gasteiger partial charge on any atom is 0.241 e. The van der Waals surface area contributed by atoms with Crippen LogP contribution in [-0.4, -0.2) is 39.1 Å². The lowest BCUT2D eigenvalue weighted by Crippen LogP contribution is -2.44. The van der Waals surface area contributed by atoms with E-state index in [0.29, 0.717) is 29.5 Å². The van der Waals surface area contributed by atoms with Crippen molar-refractivity contribution in [2.75, 3.05) is 6.54 Å². The number of halogens is 1. The fourth-order valence-electron chi connectivity index (χ4n) is 3.76. The lowest BCUT2D eigenvalue weighted by molar-refractivity contribution is 0.294. The van der Waals surface area contributed by atoms with Crippen molar-refractivity contribution < 1.29 is 21.7 Å². The molecule has 0 atom stereocenters. The summed E-state index contributed by atoms with van der Waals surface area (Å²) in [5.41, 5.74) is 1.26. The lowest BCUT2D eigenvalue weighted by atomic mass is 10.2. The predicted molar refractivity (Wildman–Crippen MR) is 99.5 cm³/mol. The average Bonchev–Trinajstić information content (AvgIpc) is 3.12. The highest BCUT2D eigenvalue weighted by Gasteiger charge is 2.58. The summed E-state index contributed by atoms with van der Waals surface area (Å²) in [5, 5.41) is 3.93. The Morgan fingerprint density at radius 1 is 1.14 bits per heavy atom. The molecular formula is C19H19FN4O4S. The van der Waals surface area contributed by atoms with E-state index < -0.39 is 14.8 Å². The van der Waals surface area contributed by atoms with E-state index in [2.05, 4.69) is 15.1 Å². The molecule has 3 aromatic rings. The minimum Gasteiger partial charge on any atom is -0.444 e. The highest BCUT2D eigenvalue weighted by molar-refractivity contribution is 7.90. The maximum absolute atomic E-state index is 13.0. The summed E-state index contributed by atoms with van der Waals surface area (Å²) in [6, 6.07) is 5.85. The fourth-order valence-corrected chi connectivity index (χ4v) is 5.98. The molecule has 0 bridgehead atoms. The Kier molecular flexibility index (Phi) is 4.28. The van der Waals surface area contributed by atoms with Gasteiger partial charge in [0.05, 0.1) is 23.4 Å². The topological polar surface area (TPSA) is 102 Å². The van der Waals surface area contributed by atoms with Crippen LogP contribution in [0.1, 0.15) is 43.1 Å². The van der Waals surface area contributed by atoms with Crippen LogP contribution in [0.4, 0.5) is 4.39 Å². The van der Waals surface area contributed by atoms with Crippen LogP contribution in [0, 0.1) is 5.82 Å². The largest absolute Gasteiger partial charge is 0.444 e. The van der Waals surface area contributed by atoms with Crippen molar-refractivity contribution in [2.24, 2.45) is 0 Å². The number of aromatic nitrogens is 3. The van der Waals surface area contributed by atoms with Crippen LogP contribution in [0.25, 0.3) is 11.5 Å². The molecule has 1 aliphatic carbocycles. The van der Waals surface area contributed by atoms with Gasteiger partial charge in [0.1, 0.15) is 12.1 Å². The van der Waals surface area contributed by atoms with E-state index >= 15 is 0 Å². The van der Waals surface area contributed by atoms with Gasteiger partial charge in [-0.1, -0.05) is 5.16 Å². The van der Waals surface area contributed by atoms with Gasteiger partial charge in [-0.3, -0.25) is 0 Å². The van der Waals surface area contributed by atoms with E-state index in [4.69, 9.17) is 8.94 Å². The first-order valence-electron chi connectivity index (χ1n) is 9.47. The summed E-state index contributed by atoms with van der Waals surface area (Å²) >= 11 is 0. The van der Waals surface area contributed by atoms with Gasteiger partial charge in [-0.05, 0) is 49.9 Å². The molecule has 2 aliphatic rings. The van der Waals surface area contributed by atoms with Crippen LogP contribution in [0.15, 0.2) is 39.5 Å². The Labute approximate surface area is 166 Å². The van der Waals surface area contributed by atoms with Crippen molar-refractivity contribution in [3.8, 4) is 11.5 Å². The molecule has 1 spiro atoms. The van der Waals surface area contributed by atoms with Gasteiger partial charge < -0.3 is 8.94 Å². The van der Waals surface area contributed by atoms with E-state index in [1.165, 1.54) is 22.7 Å². The molecule has 2 aromatic heterocycles. The summed E-state index contributed by atoms with van der Waals surface area (Å²) in [7, 11) is -3.32. The van der Waals surface area contributed by atoms with Crippen molar-refractivity contribution in [1.29, 1.82) is 0 Å². The molecule has 1 saturated heterocycles. The second-order valence-corrected chi connectivity index (χ2v) is 9.89. The van der Waals surface area contributed by atoms with Gasteiger partial charge in [0.15, 0.2) is 5.82 Å². The molecule has 0 unspecified atom stereocenters. The molecule has 8 nitrogen and oxygen atoms in total. The van der Waals surface area contributed by atoms with E-state index in [1.807, 2.05) is 0 Å². The molecular weight excluding hydrogens is 399 g/mol. The van der Waals surface area contributed by atoms with Crippen LogP contribution < -0.4 is 0 Å². The Morgan fingerprint density at radius 3 is 2.69 bits per heavy atom. The van der Waals surface area contributed by atoms with Crippen LogP contribution in [0.2, 0.25) is 0 Å². The van der Waals surface area contributed by atoms with E-state index in [-0.39, 0.29) is 24.7 Å². The van der Waals surface area contributed by atoms with Gasteiger partial charge in [0.25, 0.3) is 0 Å². The monoisotopic (exact) mass is 418 g/mol. The SMILES string of the molecule is O=S1(=O)N(Cc2nc(Cc3coc(-c4ccc(F)cc4)n3)no2)CCCC12CC2. The summed E-state index contributed by atoms with van der Waals surface area (Å²) in [4.78, 5) is 8.68. The Hall–Kier alpha value is -2.59. The smallest absolute Gasteiger partial charge is 0.241 e. The number of benzene rings is 1. The Morgan fingerprint density at radius 2 is 1.93 bits per heavy atom. The number of sulfonamides is 1. The van der Waals surface area contributed by atoms with Gasteiger partial charge >= 0.3 is 0 Å². The first-order valence-corrected chi connectivity index (χ1v) is 10.9. The van der Waals surface area contributed by atoms with Crippen LogP contribution in [0.3, 0.4) is 0 Å². The highest BCUT2D eigenvalue weighted by atomic mass is 32.2. The lowest BCUT2D eigenvalue weighted by Gasteiger charge is -2.31. The molecule has 10 heteroatoms. The molecule has 29 heavy (non-hydrogen) atoms. The number of hydrogen-bond donors (Lipinski definition) is 0. The van der Waals surface area contributed by atoms with Crippen molar-refractivity contribution >= 4 is 10.0 Å². The summed E-state index contributed by atoms with van der Waals surface area (Å²) in [5.74, 6) is 0.707. The number of hydrogen-bond acceptors (Lipinski definition) is 7. The summed E-state index contributed by atoms with van der Waals surface area (Å²) in [6.07, 6.45) is 4.84. The molecule has 0 amide bonds. The van der Waals surface area contributed by atoms with Crippen LogP contribution >= 0.6 is 0 Å². The highest BCUT2D eigenvalue weighted by Crippen LogP contribution is 2.51. The molecule has 3 heterocycles. The second-order valence-electron chi connectivity index (χ2n) is 7.56. The first-order chi connectivity index (χ1) is 14.0. The second kappa shape index (κ2) is 6.74. The van der Waals surface area contributed by atoms with Crippen LogP contribution in [-0.2, 0) is 23.0 Å². The van der Waals surface area contributed by atoms with Gasteiger partial charge in [-0.15, -0.1) is 0 Å². The number of oxazole rings is 1. The van der Waals surface area contributed by atoms with E-state index in [1.54, 1.807) is 12.1 Å². The van der Waals surface area contributed by atoms with Gasteiger partial charge in [0, 0.05) is 12.1 Å². The van der Waals surface area contributed by atoms with Crippen LogP contribution in [0.5, 0.6) is 0 Å². The van der Waals surface area contributed by atoms with Crippen molar-refractivity contribution in [1.82, 2.24) is 19.4 Å². The normalized spacial score (nSPS) is 20.2. The average molecular weight is 418 g/mol. The van der Waals surface area contributed by atoms with Gasteiger partial charge in [0.2, 0.25) is 21.8 Å². The van der Waals surface area contributed by atoms with Crippen molar-refractivity contribution in [3.05, 3.63) is 53.8 Å². The molecule has 1 saturated carbocycles. The molecule has 0 N–H and O–H groups in total. The quantitative estimate of drug-likeness (QED) is 0.628. The maximum atomic E-state index is 13.0. The Balaban J connectivity index is 1.27. The van der Waals surface area contributed by atoms with Crippen molar-refractivity contribution in [2.45, 2.75) is 43.4 Å². The van der Waals surface area contributed by atoms with E-state index in [0.717, 1.165) is 25.7 Å². The minimum atomic E-state index is -3.32. The molecule has 1 aliphatic heterocycles. The van der Waals surface area contributed by atoms with E-state index in [9.17, 15) is 12.8 Å². The third-order valence-corrected chi connectivity index (χ3v) is 8.24. The zero-order chi connectivity index (χ0) is 20.1. The minimum absolute atomic E-state index is 0.0940. The standard InChI is InChI=1S/C19H19FN4O4S/c20-14-4-2-13(3-5-14)18-21-15(12-27-18)10-16-22-17(28-23-16)11-24-9-1-6-19(7-8-19)29(24,25)26/h2-5,12H,1,6-11H2. The number of rotatable bonds is 5. The van der Waals surface area contributed by atoms with Gasteiger partial charge in [-0.2, -0.15) is 9.29 Å². The first kappa shape index (κ1) is 18.4. The predicted octanol–water partition coefficient (Wildman–Crippen LogP) is 2.91. The third kappa shape index (κ3) is 3.36. The molecule has 0 radical (unpaired) electrons. The zero-order valence-corrected chi connectivity index (χ0v) is 16.4. The zero-order valence-electron chi connectivity index (χ0n) is 15.5. The molecule has 2 fully saturated rings. The molecule has 5 rings (SSSR count). The van der Waals surface area contributed by atoms with Crippen molar-refractivity contribution in [3.63, 3.8) is 0 Å². The molecule has 152 valence electrons. The fraction of sp³-hybridized carbons (Fsp3) is 0.421. The molecule has 1 aromatic carbocycles. The van der Waals surface area contributed by atoms with Gasteiger partial charge in [-0.25, -0.2) is 17.8 Å². The third-order valence-electron chi connectivity index (χ3n) is 5.54.